The quantitative estimate of drug-likeness (QED) is 0.799. The number of piperazine rings is 1. The Morgan fingerprint density at radius 1 is 1.07 bits per heavy atom. The first kappa shape index (κ1) is 19.3. The molecule has 2 atom stereocenters. The Balaban J connectivity index is 1.76. The molecule has 2 aromatic rings. The molecule has 29 heavy (non-hydrogen) atoms. The van der Waals surface area contributed by atoms with Crippen molar-refractivity contribution in [3.63, 3.8) is 0 Å². The van der Waals surface area contributed by atoms with Crippen LogP contribution in [0.15, 0.2) is 42.5 Å². The third-order valence-corrected chi connectivity index (χ3v) is 6.31. The second-order valence-corrected chi connectivity index (χ2v) is 7.80. The van der Waals surface area contributed by atoms with Crippen molar-refractivity contribution in [2.24, 2.45) is 0 Å². The van der Waals surface area contributed by atoms with Gasteiger partial charge in [-0.25, -0.2) is 0 Å². The number of carbonyl (C=O) groups is 2. The molecule has 1 fully saturated rings. The lowest BCUT2D eigenvalue weighted by molar-refractivity contribution is -0.170. The number of fused-ring (bicyclic) bond motifs is 3. The molecule has 2 amide bonds. The Bertz CT molecular complexity index is 959. The van der Waals surface area contributed by atoms with E-state index >= 15 is 0 Å². The third kappa shape index (κ3) is 2.85. The maximum atomic E-state index is 13.6. The predicted octanol–water partition coefficient (Wildman–Crippen LogP) is 2.39. The molecule has 0 aliphatic carbocycles. The summed E-state index contributed by atoms with van der Waals surface area (Å²) in [5.41, 5.74) is 1.81. The number of hydrogen-bond donors (Lipinski definition) is 0. The average Bonchev–Trinajstić information content (AvgIpc) is 2.75. The summed E-state index contributed by atoms with van der Waals surface area (Å²) in [5.74, 6) is 1.10. The number of methoxy groups -OCH3 is 2. The summed E-state index contributed by atoms with van der Waals surface area (Å²) in [6.07, 6.45) is 1.18. The van der Waals surface area contributed by atoms with Crippen LogP contribution < -0.4 is 9.47 Å². The van der Waals surface area contributed by atoms with Crippen LogP contribution >= 0.6 is 0 Å². The summed E-state index contributed by atoms with van der Waals surface area (Å²) in [7, 11) is 4.90. The molecule has 6 nitrogen and oxygen atoms in total. The molecular formula is C23H26N2O4. The molecule has 6 heteroatoms. The SMILES string of the molecule is COc1cc2c(cc1OC)C1(C)C(=O)N(C)[C@@H](Cc3ccccc3)C(=O)N1CC2. The number of ether oxygens (including phenoxy) is 2. The highest BCUT2D eigenvalue weighted by Crippen LogP contribution is 2.44. The summed E-state index contributed by atoms with van der Waals surface area (Å²) in [4.78, 5) is 30.4. The molecule has 0 radical (unpaired) electrons. The number of rotatable bonds is 4. The Morgan fingerprint density at radius 3 is 2.38 bits per heavy atom. The summed E-state index contributed by atoms with van der Waals surface area (Å²) >= 11 is 0. The van der Waals surface area contributed by atoms with Gasteiger partial charge in [0.1, 0.15) is 11.6 Å². The maximum absolute atomic E-state index is 13.6. The highest BCUT2D eigenvalue weighted by atomic mass is 16.5. The van der Waals surface area contributed by atoms with Crippen LogP contribution in [0.4, 0.5) is 0 Å². The van der Waals surface area contributed by atoms with E-state index in [1.807, 2.05) is 49.4 Å². The minimum atomic E-state index is -1.05. The van der Waals surface area contributed by atoms with Gasteiger partial charge in [-0.05, 0) is 42.2 Å². The lowest BCUT2D eigenvalue weighted by Crippen LogP contribution is -2.69. The molecule has 4 rings (SSSR count). The number of likely N-dealkylation sites (N-methyl/N-ethyl adjacent to an activating group) is 1. The number of nitrogens with zero attached hydrogens (tertiary/aromatic N) is 2. The molecule has 2 aromatic carbocycles. The molecule has 1 unspecified atom stereocenters. The Hall–Kier alpha value is -3.02. The zero-order valence-electron chi connectivity index (χ0n) is 17.3. The summed E-state index contributed by atoms with van der Waals surface area (Å²) < 4.78 is 10.9. The van der Waals surface area contributed by atoms with Crippen molar-refractivity contribution in [1.82, 2.24) is 9.80 Å². The summed E-state index contributed by atoms with van der Waals surface area (Å²) in [6, 6.07) is 13.1. The Morgan fingerprint density at radius 2 is 1.72 bits per heavy atom. The Kier molecular flexibility index (Phi) is 4.73. The van der Waals surface area contributed by atoms with E-state index in [2.05, 4.69) is 0 Å². The van der Waals surface area contributed by atoms with E-state index in [0.717, 1.165) is 16.7 Å². The fourth-order valence-corrected chi connectivity index (χ4v) is 4.64. The van der Waals surface area contributed by atoms with Crippen molar-refractivity contribution >= 4 is 11.8 Å². The molecule has 2 aliphatic heterocycles. The van der Waals surface area contributed by atoms with Crippen molar-refractivity contribution in [3.8, 4) is 11.5 Å². The van der Waals surface area contributed by atoms with Gasteiger partial charge in [-0.3, -0.25) is 9.59 Å². The van der Waals surface area contributed by atoms with Gasteiger partial charge in [-0.1, -0.05) is 30.3 Å². The van der Waals surface area contributed by atoms with Crippen molar-refractivity contribution in [2.45, 2.75) is 31.3 Å². The van der Waals surface area contributed by atoms with Crippen LogP contribution in [0.1, 0.15) is 23.6 Å². The van der Waals surface area contributed by atoms with Gasteiger partial charge in [0.25, 0.3) is 5.91 Å². The minimum absolute atomic E-state index is 0.0149. The number of hydrogen-bond acceptors (Lipinski definition) is 4. The first-order valence-corrected chi connectivity index (χ1v) is 9.79. The molecular weight excluding hydrogens is 368 g/mol. The second kappa shape index (κ2) is 7.10. The normalized spacial score (nSPS) is 23.5. The number of carbonyl (C=O) groups excluding carboxylic acids is 2. The molecule has 2 aliphatic rings. The van der Waals surface area contributed by atoms with Gasteiger partial charge in [-0.15, -0.1) is 0 Å². The van der Waals surface area contributed by atoms with Crippen molar-refractivity contribution < 1.29 is 19.1 Å². The van der Waals surface area contributed by atoms with Crippen LogP contribution in [-0.2, 0) is 28.0 Å². The lowest BCUT2D eigenvalue weighted by atomic mass is 9.77. The van der Waals surface area contributed by atoms with Crippen molar-refractivity contribution in [3.05, 3.63) is 59.2 Å². The summed E-state index contributed by atoms with van der Waals surface area (Å²) in [5, 5.41) is 0. The zero-order valence-corrected chi connectivity index (χ0v) is 17.3. The Labute approximate surface area is 171 Å². The maximum Gasteiger partial charge on any atom is 0.253 e. The lowest BCUT2D eigenvalue weighted by Gasteiger charge is -2.52. The smallest absolute Gasteiger partial charge is 0.253 e. The highest BCUT2D eigenvalue weighted by Gasteiger charge is 2.55. The largest absolute Gasteiger partial charge is 0.493 e. The molecule has 2 heterocycles. The van der Waals surface area contributed by atoms with Gasteiger partial charge < -0.3 is 19.3 Å². The van der Waals surface area contributed by atoms with E-state index in [4.69, 9.17) is 9.47 Å². The van der Waals surface area contributed by atoms with Crippen LogP contribution in [0.25, 0.3) is 0 Å². The second-order valence-electron chi connectivity index (χ2n) is 7.80. The van der Waals surface area contributed by atoms with Gasteiger partial charge in [0.05, 0.1) is 14.2 Å². The third-order valence-electron chi connectivity index (χ3n) is 6.31. The summed E-state index contributed by atoms with van der Waals surface area (Å²) in [6.45, 7) is 2.34. The average molecular weight is 394 g/mol. The fraction of sp³-hybridized carbons (Fsp3) is 0.391. The van der Waals surface area contributed by atoms with Crippen molar-refractivity contribution in [1.29, 1.82) is 0 Å². The van der Waals surface area contributed by atoms with E-state index in [1.54, 1.807) is 31.1 Å². The van der Waals surface area contributed by atoms with Gasteiger partial charge in [0.2, 0.25) is 5.91 Å². The molecule has 0 aromatic heterocycles. The van der Waals surface area contributed by atoms with Gasteiger partial charge in [0.15, 0.2) is 11.5 Å². The molecule has 0 N–H and O–H groups in total. The monoisotopic (exact) mass is 394 g/mol. The topological polar surface area (TPSA) is 59.1 Å². The predicted molar refractivity (Wildman–Crippen MR) is 109 cm³/mol. The van der Waals surface area contributed by atoms with Crippen LogP contribution in [0.2, 0.25) is 0 Å². The van der Waals surface area contributed by atoms with Crippen LogP contribution in [0, 0.1) is 0 Å². The van der Waals surface area contributed by atoms with Gasteiger partial charge in [0, 0.05) is 20.0 Å². The minimum Gasteiger partial charge on any atom is -0.493 e. The van der Waals surface area contributed by atoms with Gasteiger partial charge >= 0.3 is 0 Å². The zero-order chi connectivity index (χ0) is 20.8. The van der Waals surface area contributed by atoms with E-state index in [9.17, 15) is 9.59 Å². The highest BCUT2D eigenvalue weighted by molar-refractivity contribution is 6.01. The van der Waals surface area contributed by atoms with E-state index in [1.165, 1.54) is 0 Å². The first-order valence-electron chi connectivity index (χ1n) is 9.79. The van der Waals surface area contributed by atoms with E-state index in [0.29, 0.717) is 30.9 Å². The molecule has 0 bridgehead atoms. The van der Waals surface area contributed by atoms with E-state index < -0.39 is 11.6 Å². The standard InChI is InChI=1S/C23H26N2O4/c1-23-17-14-20(29-4)19(28-3)13-16(17)10-11-25(23)21(26)18(24(2)22(23)27)12-15-8-6-5-7-9-15/h5-9,13-14,18H,10-12H2,1-4H3/t18-,23?/m0/s1. The van der Waals surface area contributed by atoms with E-state index in [-0.39, 0.29) is 11.8 Å². The number of benzene rings is 2. The van der Waals surface area contributed by atoms with Crippen LogP contribution in [0.3, 0.4) is 0 Å². The van der Waals surface area contributed by atoms with Crippen LogP contribution in [-0.4, -0.2) is 55.5 Å². The molecule has 0 saturated carbocycles. The van der Waals surface area contributed by atoms with Gasteiger partial charge in [-0.2, -0.15) is 0 Å². The van der Waals surface area contributed by atoms with Crippen LogP contribution in [0.5, 0.6) is 11.5 Å². The molecule has 152 valence electrons. The van der Waals surface area contributed by atoms with Crippen molar-refractivity contribution in [2.75, 3.05) is 27.8 Å². The first-order chi connectivity index (χ1) is 13.9. The number of amides is 2. The fourth-order valence-electron chi connectivity index (χ4n) is 4.64. The molecule has 1 saturated heterocycles. The molecule has 0 spiro atoms.